The highest BCUT2D eigenvalue weighted by Gasteiger charge is 2.19. The summed E-state index contributed by atoms with van der Waals surface area (Å²) in [5.74, 6) is 3.11. The van der Waals surface area contributed by atoms with Crippen LogP contribution < -0.4 is 10.6 Å². The van der Waals surface area contributed by atoms with Crippen molar-refractivity contribution in [3.8, 4) is 0 Å². The molecule has 0 spiro atoms. The van der Waals surface area contributed by atoms with Crippen molar-refractivity contribution in [2.75, 3.05) is 23.7 Å². The minimum atomic E-state index is 0.570. The first-order valence-electron chi connectivity index (χ1n) is 6.05. The van der Waals surface area contributed by atoms with Crippen LogP contribution in [0.3, 0.4) is 0 Å². The number of piperidine rings is 1. The van der Waals surface area contributed by atoms with Crippen LogP contribution in [0.1, 0.15) is 32.0 Å². The van der Waals surface area contributed by atoms with E-state index in [0.717, 1.165) is 30.6 Å². The van der Waals surface area contributed by atoms with Gasteiger partial charge in [-0.2, -0.15) is 0 Å². The molecule has 1 saturated heterocycles. The van der Waals surface area contributed by atoms with Crippen LogP contribution in [-0.2, 0) is 0 Å². The van der Waals surface area contributed by atoms with Gasteiger partial charge in [0.1, 0.15) is 17.5 Å². The van der Waals surface area contributed by atoms with Crippen molar-refractivity contribution in [2.45, 2.75) is 33.1 Å². The van der Waals surface area contributed by atoms with Gasteiger partial charge in [0.25, 0.3) is 0 Å². The highest BCUT2D eigenvalue weighted by Crippen LogP contribution is 2.24. The molecule has 0 aliphatic carbocycles. The Morgan fingerprint density at radius 3 is 3.00 bits per heavy atom. The average Bonchev–Trinajstić information content (AvgIpc) is 2.28. The Morgan fingerprint density at radius 1 is 1.50 bits per heavy atom. The van der Waals surface area contributed by atoms with Gasteiger partial charge in [-0.3, -0.25) is 0 Å². The molecule has 1 atom stereocenters. The predicted molar refractivity (Wildman–Crippen MR) is 66.4 cm³/mol. The van der Waals surface area contributed by atoms with E-state index in [1.54, 1.807) is 0 Å². The van der Waals surface area contributed by atoms with Crippen molar-refractivity contribution in [2.24, 2.45) is 5.92 Å². The maximum absolute atomic E-state index is 5.76. The van der Waals surface area contributed by atoms with E-state index in [0.29, 0.717) is 5.82 Å². The number of hydrogen-bond acceptors (Lipinski definition) is 4. The molecule has 2 N–H and O–H groups in total. The van der Waals surface area contributed by atoms with Crippen LogP contribution in [0.25, 0.3) is 0 Å². The number of nitrogens with zero attached hydrogens (tertiary/aromatic N) is 3. The van der Waals surface area contributed by atoms with Crippen molar-refractivity contribution in [1.82, 2.24) is 9.97 Å². The molecule has 88 valence electrons. The Bertz CT molecular complexity index is 344. The molecule has 2 heterocycles. The van der Waals surface area contributed by atoms with Gasteiger partial charge >= 0.3 is 0 Å². The van der Waals surface area contributed by atoms with Crippen molar-refractivity contribution in [1.29, 1.82) is 0 Å². The van der Waals surface area contributed by atoms with Gasteiger partial charge in [-0.15, -0.1) is 0 Å². The molecule has 1 fully saturated rings. The lowest BCUT2D eigenvalue weighted by Gasteiger charge is -2.33. The van der Waals surface area contributed by atoms with E-state index in [4.69, 9.17) is 5.73 Å². The number of nitrogen functional groups attached to an aromatic ring is 1. The smallest absolute Gasteiger partial charge is 0.134 e. The summed E-state index contributed by atoms with van der Waals surface area (Å²) in [6.07, 6.45) is 3.84. The first-order chi connectivity index (χ1) is 7.69. The van der Waals surface area contributed by atoms with Crippen LogP contribution in [0.4, 0.5) is 11.6 Å². The third-order valence-electron chi connectivity index (χ3n) is 3.26. The molecule has 1 aromatic heterocycles. The largest absolute Gasteiger partial charge is 0.384 e. The van der Waals surface area contributed by atoms with Gasteiger partial charge in [-0.1, -0.05) is 13.3 Å². The van der Waals surface area contributed by atoms with Crippen LogP contribution >= 0.6 is 0 Å². The third-order valence-corrected chi connectivity index (χ3v) is 3.26. The second-order valence-electron chi connectivity index (χ2n) is 4.56. The quantitative estimate of drug-likeness (QED) is 0.828. The van der Waals surface area contributed by atoms with Crippen molar-refractivity contribution < 1.29 is 0 Å². The summed E-state index contributed by atoms with van der Waals surface area (Å²) in [4.78, 5) is 10.9. The van der Waals surface area contributed by atoms with Crippen LogP contribution in [0.15, 0.2) is 6.07 Å². The zero-order valence-electron chi connectivity index (χ0n) is 10.1. The summed E-state index contributed by atoms with van der Waals surface area (Å²) in [5.41, 5.74) is 5.76. The monoisotopic (exact) mass is 220 g/mol. The van der Waals surface area contributed by atoms with Gasteiger partial charge in [-0.05, 0) is 25.7 Å². The summed E-state index contributed by atoms with van der Waals surface area (Å²) in [6.45, 7) is 6.34. The standard InChI is InChI=1S/C12H20N4/c1-3-10-5-4-6-16(8-10)12-7-11(13)14-9(2)15-12/h7,10H,3-6,8H2,1-2H3,(H2,13,14,15). The molecular weight excluding hydrogens is 200 g/mol. The van der Waals surface area contributed by atoms with Crippen LogP contribution in [0.5, 0.6) is 0 Å². The number of rotatable bonds is 2. The number of anilines is 2. The molecule has 1 aliphatic rings. The first-order valence-corrected chi connectivity index (χ1v) is 6.05. The molecule has 4 heteroatoms. The zero-order valence-corrected chi connectivity index (χ0v) is 10.1. The zero-order chi connectivity index (χ0) is 11.5. The van der Waals surface area contributed by atoms with E-state index in [-0.39, 0.29) is 0 Å². The number of nitrogens with two attached hydrogens (primary N) is 1. The molecular formula is C12H20N4. The van der Waals surface area contributed by atoms with E-state index < -0.39 is 0 Å². The Morgan fingerprint density at radius 2 is 2.31 bits per heavy atom. The molecule has 0 bridgehead atoms. The topological polar surface area (TPSA) is 55.0 Å². The van der Waals surface area contributed by atoms with Gasteiger partial charge in [0.15, 0.2) is 0 Å². The molecule has 16 heavy (non-hydrogen) atoms. The second kappa shape index (κ2) is 4.68. The van der Waals surface area contributed by atoms with Crippen molar-refractivity contribution in [3.63, 3.8) is 0 Å². The maximum atomic E-state index is 5.76. The lowest BCUT2D eigenvalue weighted by molar-refractivity contribution is 0.403. The fourth-order valence-electron chi connectivity index (χ4n) is 2.34. The normalized spacial score (nSPS) is 21.1. The summed E-state index contributed by atoms with van der Waals surface area (Å²) >= 11 is 0. The predicted octanol–water partition coefficient (Wildman–Crippen LogP) is 1.99. The Hall–Kier alpha value is -1.32. The Labute approximate surface area is 96.9 Å². The van der Waals surface area contributed by atoms with Gasteiger partial charge < -0.3 is 10.6 Å². The molecule has 0 saturated carbocycles. The van der Waals surface area contributed by atoms with Crippen LogP contribution in [-0.4, -0.2) is 23.1 Å². The fraction of sp³-hybridized carbons (Fsp3) is 0.667. The molecule has 1 unspecified atom stereocenters. The fourth-order valence-corrected chi connectivity index (χ4v) is 2.34. The molecule has 1 aromatic rings. The third kappa shape index (κ3) is 2.43. The van der Waals surface area contributed by atoms with E-state index in [1.807, 2.05) is 13.0 Å². The molecule has 0 amide bonds. The van der Waals surface area contributed by atoms with E-state index >= 15 is 0 Å². The minimum absolute atomic E-state index is 0.570. The molecule has 1 aliphatic heterocycles. The van der Waals surface area contributed by atoms with E-state index in [2.05, 4.69) is 21.8 Å². The summed E-state index contributed by atoms with van der Waals surface area (Å²) in [7, 11) is 0. The average molecular weight is 220 g/mol. The van der Waals surface area contributed by atoms with Gasteiger partial charge in [0, 0.05) is 19.2 Å². The molecule has 2 rings (SSSR count). The van der Waals surface area contributed by atoms with Gasteiger partial charge in [-0.25, -0.2) is 9.97 Å². The Kier molecular flexibility index (Phi) is 3.27. The van der Waals surface area contributed by atoms with E-state index in [1.165, 1.54) is 19.3 Å². The van der Waals surface area contributed by atoms with Gasteiger partial charge in [0.05, 0.1) is 0 Å². The van der Waals surface area contributed by atoms with Crippen LogP contribution in [0, 0.1) is 12.8 Å². The number of hydrogen-bond donors (Lipinski definition) is 1. The summed E-state index contributed by atoms with van der Waals surface area (Å²) in [6, 6.07) is 1.88. The minimum Gasteiger partial charge on any atom is -0.384 e. The summed E-state index contributed by atoms with van der Waals surface area (Å²) in [5, 5.41) is 0. The van der Waals surface area contributed by atoms with E-state index in [9.17, 15) is 0 Å². The first kappa shape index (κ1) is 11.2. The SMILES string of the molecule is CCC1CCCN(c2cc(N)nc(C)n2)C1. The van der Waals surface area contributed by atoms with Crippen LogP contribution in [0.2, 0.25) is 0 Å². The summed E-state index contributed by atoms with van der Waals surface area (Å²) < 4.78 is 0. The molecule has 0 radical (unpaired) electrons. The van der Waals surface area contributed by atoms with Crippen molar-refractivity contribution in [3.05, 3.63) is 11.9 Å². The molecule has 0 aromatic carbocycles. The Balaban J connectivity index is 2.16. The highest BCUT2D eigenvalue weighted by atomic mass is 15.2. The lowest BCUT2D eigenvalue weighted by atomic mass is 9.96. The molecule has 4 nitrogen and oxygen atoms in total. The lowest BCUT2D eigenvalue weighted by Crippen LogP contribution is -2.35. The van der Waals surface area contributed by atoms with Crippen molar-refractivity contribution >= 4 is 11.6 Å². The number of aryl methyl sites for hydroxylation is 1. The maximum Gasteiger partial charge on any atom is 0.134 e. The van der Waals surface area contributed by atoms with Gasteiger partial charge in [0.2, 0.25) is 0 Å². The second-order valence-corrected chi connectivity index (χ2v) is 4.56. The number of aromatic nitrogens is 2. The highest BCUT2D eigenvalue weighted by molar-refractivity contribution is 5.47.